The van der Waals surface area contributed by atoms with Gasteiger partial charge < -0.3 is 0 Å². The molecule has 0 aliphatic carbocycles. The molecule has 0 saturated carbocycles. The van der Waals surface area contributed by atoms with Crippen molar-refractivity contribution in [3.05, 3.63) is 11.6 Å². The van der Waals surface area contributed by atoms with E-state index < -0.39 is 0 Å². The summed E-state index contributed by atoms with van der Waals surface area (Å²) in [5.41, 5.74) is 1.48. The first-order chi connectivity index (χ1) is 5.70. The summed E-state index contributed by atoms with van der Waals surface area (Å²) in [5, 5.41) is 0. The Morgan fingerprint density at radius 3 is 2.17 bits per heavy atom. The Kier molecular flexibility index (Phi) is 7.23. The van der Waals surface area contributed by atoms with Crippen LogP contribution in [0.2, 0.25) is 0 Å². The quantitative estimate of drug-likeness (QED) is 0.510. The number of unbranched alkanes of at least 4 members (excludes halogenated alkanes) is 1. The predicted molar refractivity (Wildman–Crippen MR) is 57.4 cm³/mol. The molecule has 72 valence electrons. The molecule has 0 aromatic rings. The normalized spacial score (nSPS) is 12.7. The third-order valence-corrected chi connectivity index (χ3v) is 2.16. The lowest BCUT2D eigenvalue weighted by molar-refractivity contribution is 0.510. The van der Waals surface area contributed by atoms with Crippen molar-refractivity contribution in [2.24, 2.45) is 5.92 Å². The Morgan fingerprint density at radius 2 is 1.75 bits per heavy atom. The van der Waals surface area contributed by atoms with Gasteiger partial charge in [-0.15, -0.1) is 0 Å². The van der Waals surface area contributed by atoms with E-state index in [9.17, 15) is 0 Å². The molecule has 0 radical (unpaired) electrons. The Hall–Kier alpha value is -0.260. The van der Waals surface area contributed by atoms with Crippen molar-refractivity contribution < 1.29 is 0 Å². The molecule has 1 unspecified atom stereocenters. The second-order valence-corrected chi connectivity index (χ2v) is 3.94. The summed E-state index contributed by atoms with van der Waals surface area (Å²) in [7, 11) is 0. The van der Waals surface area contributed by atoms with Crippen LogP contribution in [0.15, 0.2) is 11.6 Å². The van der Waals surface area contributed by atoms with Crippen LogP contribution in [0.4, 0.5) is 0 Å². The van der Waals surface area contributed by atoms with Gasteiger partial charge in [-0.2, -0.15) is 0 Å². The van der Waals surface area contributed by atoms with Gasteiger partial charge in [-0.1, -0.05) is 44.8 Å². The Bertz CT molecular complexity index is 118. The summed E-state index contributed by atoms with van der Waals surface area (Å²) in [4.78, 5) is 0. The molecule has 0 spiro atoms. The van der Waals surface area contributed by atoms with Crippen LogP contribution in [0.25, 0.3) is 0 Å². The maximum Gasteiger partial charge on any atom is -0.0231 e. The first-order valence-corrected chi connectivity index (χ1v) is 5.35. The molecule has 0 heterocycles. The standard InChI is InChI=1S/C12H24/c1-5-7-9-12(8-6-2)10-11(3)4/h10,12H,5-9H2,1-4H3. The van der Waals surface area contributed by atoms with Gasteiger partial charge in [0, 0.05) is 0 Å². The maximum absolute atomic E-state index is 2.44. The molecule has 0 aliphatic rings. The lowest BCUT2D eigenvalue weighted by atomic mass is 9.95. The minimum Gasteiger partial charge on any atom is -0.0828 e. The fraction of sp³-hybridized carbons (Fsp3) is 0.833. The van der Waals surface area contributed by atoms with E-state index in [1.807, 2.05) is 0 Å². The highest BCUT2D eigenvalue weighted by atomic mass is 14.1. The summed E-state index contributed by atoms with van der Waals surface area (Å²) >= 11 is 0. The molecule has 0 N–H and O–H groups in total. The van der Waals surface area contributed by atoms with Gasteiger partial charge in [0.15, 0.2) is 0 Å². The van der Waals surface area contributed by atoms with Gasteiger partial charge in [0.05, 0.1) is 0 Å². The average Bonchev–Trinajstić information content (AvgIpc) is 2.00. The van der Waals surface area contributed by atoms with E-state index >= 15 is 0 Å². The van der Waals surface area contributed by atoms with E-state index in [4.69, 9.17) is 0 Å². The molecule has 0 nitrogen and oxygen atoms in total. The molecule has 0 aromatic heterocycles. The summed E-state index contributed by atoms with van der Waals surface area (Å²) in [5.74, 6) is 0.847. The van der Waals surface area contributed by atoms with E-state index in [0.717, 1.165) is 5.92 Å². The predicted octanol–water partition coefficient (Wildman–Crippen LogP) is 4.56. The maximum atomic E-state index is 2.44. The SMILES string of the molecule is CCCCC(C=C(C)C)CCC. The molecule has 12 heavy (non-hydrogen) atoms. The van der Waals surface area contributed by atoms with Crippen molar-refractivity contribution in [3.63, 3.8) is 0 Å². The highest BCUT2D eigenvalue weighted by Gasteiger charge is 2.02. The van der Waals surface area contributed by atoms with Crippen LogP contribution in [0.1, 0.15) is 59.8 Å². The lowest BCUT2D eigenvalue weighted by Gasteiger charge is -2.11. The molecule has 0 bridgehead atoms. The van der Waals surface area contributed by atoms with E-state index in [2.05, 4.69) is 33.8 Å². The van der Waals surface area contributed by atoms with Crippen LogP contribution >= 0.6 is 0 Å². The Morgan fingerprint density at radius 1 is 1.08 bits per heavy atom. The van der Waals surface area contributed by atoms with Crippen molar-refractivity contribution in [2.45, 2.75) is 59.8 Å². The van der Waals surface area contributed by atoms with Gasteiger partial charge in [-0.3, -0.25) is 0 Å². The minimum atomic E-state index is 0.847. The molecule has 0 rings (SSSR count). The summed E-state index contributed by atoms with van der Waals surface area (Å²) in [6.45, 7) is 8.95. The molecule has 1 atom stereocenters. The van der Waals surface area contributed by atoms with Crippen molar-refractivity contribution in [2.75, 3.05) is 0 Å². The van der Waals surface area contributed by atoms with Crippen molar-refractivity contribution in [3.8, 4) is 0 Å². The van der Waals surface area contributed by atoms with Crippen LogP contribution in [0.5, 0.6) is 0 Å². The molecule has 0 aromatic carbocycles. The molecule has 0 fully saturated rings. The second-order valence-electron chi connectivity index (χ2n) is 3.94. The zero-order chi connectivity index (χ0) is 9.40. The van der Waals surface area contributed by atoms with Crippen LogP contribution in [-0.4, -0.2) is 0 Å². The van der Waals surface area contributed by atoms with Gasteiger partial charge in [-0.05, 0) is 32.6 Å². The number of hydrogen-bond acceptors (Lipinski definition) is 0. The lowest BCUT2D eigenvalue weighted by Crippen LogP contribution is -1.96. The van der Waals surface area contributed by atoms with Crippen LogP contribution in [0.3, 0.4) is 0 Å². The Balaban J connectivity index is 3.78. The molecule has 0 aliphatic heterocycles. The summed E-state index contributed by atoms with van der Waals surface area (Å²) < 4.78 is 0. The van der Waals surface area contributed by atoms with Gasteiger partial charge >= 0.3 is 0 Å². The summed E-state index contributed by atoms with van der Waals surface area (Å²) in [6.07, 6.45) is 9.23. The van der Waals surface area contributed by atoms with Crippen molar-refractivity contribution in [1.82, 2.24) is 0 Å². The number of allylic oxidation sites excluding steroid dienone is 2. The first kappa shape index (κ1) is 11.7. The van der Waals surface area contributed by atoms with Crippen LogP contribution in [-0.2, 0) is 0 Å². The van der Waals surface area contributed by atoms with Gasteiger partial charge in [0.1, 0.15) is 0 Å². The van der Waals surface area contributed by atoms with Crippen molar-refractivity contribution >= 4 is 0 Å². The van der Waals surface area contributed by atoms with Crippen LogP contribution in [0, 0.1) is 5.92 Å². The first-order valence-electron chi connectivity index (χ1n) is 5.35. The molecule has 0 saturated heterocycles. The fourth-order valence-electron chi connectivity index (χ4n) is 1.62. The Labute approximate surface area is 78.1 Å². The minimum absolute atomic E-state index is 0.847. The van der Waals surface area contributed by atoms with E-state index in [0.29, 0.717) is 0 Å². The number of rotatable bonds is 6. The number of hydrogen-bond donors (Lipinski definition) is 0. The molecular formula is C12H24. The largest absolute Gasteiger partial charge is 0.0828 e. The molecular weight excluding hydrogens is 144 g/mol. The smallest absolute Gasteiger partial charge is 0.0231 e. The zero-order valence-electron chi connectivity index (χ0n) is 9.19. The third kappa shape index (κ3) is 6.45. The van der Waals surface area contributed by atoms with Gasteiger partial charge in [0.2, 0.25) is 0 Å². The molecule has 0 amide bonds. The van der Waals surface area contributed by atoms with E-state index in [-0.39, 0.29) is 0 Å². The highest BCUT2D eigenvalue weighted by Crippen LogP contribution is 2.17. The molecule has 0 heteroatoms. The monoisotopic (exact) mass is 168 g/mol. The van der Waals surface area contributed by atoms with Gasteiger partial charge in [0.25, 0.3) is 0 Å². The second kappa shape index (κ2) is 7.39. The van der Waals surface area contributed by atoms with E-state index in [1.165, 1.54) is 37.7 Å². The topological polar surface area (TPSA) is 0 Å². The van der Waals surface area contributed by atoms with Crippen molar-refractivity contribution in [1.29, 1.82) is 0 Å². The zero-order valence-corrected chi connectivity index (χ0v) is 9.19. The van der Waals surface area contributed by atoms with E-state index in [1.54, 1.807) is 0 Å². The fourth-order valence-corrected chi connectivity index (χ4v) is 1.62. The van der Waals surface area contributed by atoms with Gasteiger partial charge in [-0.25, -0.2) is 0 Å². The summed E-state index contributed by atoms with van der Waals surface area (Å²) in [6, 6.07) is 0. The van der Waals surface area contributed by atoms with Crippen LogP contribution < -0.4 is 0 Å². The third-order valence-electron chi connectivity index (χ3n) is 2.16. The average molecular weight is 168 g/mol. The highest BCUT2D eigenvalue weighted by molar-refractivity contribution is 4.97.